The first-order chi connectivity index (χ1) is 5.27. The Balaban J connectivity index is 3.01. The highest BCUT2D eigenvalue weighted by atomic mass is 35.5. The predicted octanol–water partition coefficient (Wildman–Crippen LogP) is 3.14. The van der Waals surface area contributed by atoms with Gasteiger partial charge in [-0.05, 0) is 24.4 Å². The zero-order valence-electron chi connectivity index (χ0n) is 5.43. The Morgan fingerprint density at radius 1 is 1.45 bits per heavy atom. The Hall–Kier alpha value is -0.800. The maximum absolute atomic E-state index is 5.83. The molecule has 2 aromatic rings. The third kappa shape index (κ3) is 1.06. The molecule has 0 atom stereocenters. The Kier molecular flexibility index (Phi) is 1.47. The van der Waals surface area contributed by atoms with Gasteiger partial charge in [-0.1, -0.05) is 17.7 Å². The summed E-state index contributed by atoms with van der Waals surface area (Å²) in [6.07, 6.45) is 0. The third-order valence-corrected chi connectivity index (χ3v) is 1.91. The average Bonchev–Trinajstić information content (AvgIpc) is 2.31. The van der Waals surface area contributed by atoms with Crippen molar-refractivity contribution in [2.75, 3.05) is 0 Å². The third-order valence-electron chi connectivity index (χ3n) is 1.41. The molecule has 0 aliphatic heterocycles. The van der Waals surface area contributed by atoms with Crippen LogP contribution in [-0.2, 0) is 0 Å². The van der Waals surface area contributed by atoms with Crippen LogP contribution < -0.4 is 0 Å². The van der Waals surface area contributed by atoms with Crippen LogP contribution in [0.5, 0.6) is 0 Å². The van der Waals surface area contributed by atoms with Crippen molar-refractivity contribution in [1.82, 2.24) is 4.98 Å². The van der Waals surface area contributed by atoms with Gasteiger partial charge in [0.2, 0.25) is 0 Å². The van der Waals surface area contributed by atoms with Crippen LogP contribution in [0.4, 0.5) is 0 Å². The van der Waals surface area contributed by atoms with E-state index in [1.807, 2.05) is 12.1 Å². The average molecular weight is 186 g/mol. The lowest BCUT2D eigenvalue weighted by atomic mass is 10.3. The summed E-state index contributed by atoms with van der Waals surface area (Å²) < 4.78 is 5.12. The van der Waals surface area contributed by atoms with Gasteiger partial charge < -0.3 is 9.40 Å². The van der Waals surface area contributed by atoms with Crippen LogP contribution in [0.2, 0.25) is 5.02 Å². The molecule has 1 N–H and O–H groups in total. The van der Waals surface area contributed by atoms with Crippen molar-refractivity contribution in [2.24, 2.45) is 0 Å². The molecule has 0 unspecified atom stereocenters. The summed E-state index contributed by atoms with van der Waals surface area (Å²) in [4.78, 5) is 3.20. The summed E-state index contributed by atoms with van der Waals surface area (Å²) in [5.41, 5.74) is 1.46. The van der Waals surface area contributed by atoms with Gasteiger partial charge in [0.25, 0.3) is 4.84 Å². The van der Waals surface area contributed by atoms with Gasteiger partial charge in [-0.15, -0.1) is 0 Å². The molecule has 2 nitrogen and oxygen atoms in total. The summed E-state index contributed by atoms with van der Waals surface area (Å²) >= 11 is 10.6. The normalized spacial score (nSPS) is 10.6. The van der Waals surface area contributed by atoms with E-state index in [1.165, 1.54) is 0 Å². The molecule has 2 rings (SSSR count). The Labute approximate surface area is 72.8 Å². The van der Waals surface area contributed by atoms with Crippen LogP contribution in [0.15, 0.2) is 22.6 Å². The molecule has 0 fully saturated rings. The molecule has 56 valence electrons. The van der Waals surface area contributed by atoms with Crippen molar-refractivity contribution < 1.29 is 4.42 Å². The first-order valence-electron chi connectivity index (χ1n) is 3.05. The highest BCUT2D eigenvalue weighted by Crippen LogP contribution is 2.21. The summed E-state index contributed by atoms with van der Waals surface area (Å²) in [7, 11) is 0. The number of H-pyrrole nitrogens is 1. The van der Waals surface area contributed by atoms with E-state index in [0.717, 1.165) is 5.52 Å². The van der Waals surface area contributed by atoms with Crippen molar-refractivity contribution in [2.45, 2.75) is 0 Å². The summed E-state index contributed by atoms with van der Waals surface area (Å²) in [6.45, 7) is 0. The minimum atomic E-state index is 0.355. The molecule has 0 aliphatic rings. The second kappa shape index (κ2) is 2.36. The molecule has 1 heterocycles. The van der Waals surface area contributed by atoms with Crippen molar-refractivity contribution in [3.05, 3.63) is 28.1 Å². The number of rotatable bonds is 0. The van der Waals surface area contributed by atoms with Crippen molar-refractivity contribution in [1.29, 1.82) is 0 Å². The number of oxazole rings is 1. The van der Waals surface area contributed by atoms with Crippen LogP contribution >= 0.6 is 23.8 Å². The van der Waals surface area contributed by atoms with E-state index in [1.54, 1.807) is 6.07 Å². The van der Waals surface area contributed by atoms with E-state index in [-0.39, 0.29) is 0 Å². The molecule has 4 heteroatoms. The quantitative estimate of drug-likeness (QED) is 0.639. The highest BCUT2D eigenvalue weighted by Gasteiger charge is 2.00. The van der Waals surface area contributed by atoms with Crippen LogP contribution in [-0.4, -0.2) is 4.98 Å². The molecular weight excluding hydrogens is 182 g/mol. The summed E-state index contributed by atoms with van der Waals surface area (Å²) in [5.74, 6) is 0. The first-order valence-corrected chi connectivity index (χ1v) is 3.83. The molecule has 1 aromatic heterocycles. The smallest absolute Gasteiger partial charge is 0.266 e. The second-order valence-electron chi connectivity index (χ2n) is 2.13. The molecule has 1 aromatic carbocycles. The molecule has 0 aliphatic carbocycles. The summed E-state index contributed by atoms with van der Waals surface area (Å²) in [5, 5.41) is 0.627. The fourth-order valence-electron chi connectivity index (χ4n) is 0.938. The van der Waals surface area contributed by atoms with Crippen LogP contribution in [0, 0.1) is 4.84 Å². The Morgan fingerprint density at radius 3 is 3.00 bits per heavy atom. The summed E-state index contributed by atoms with van der Waals surface area (Å²) in [6, 6.07) is 5.41. The van der Waals surface area contributed by atoms with E-state index in [9.17, 15) is 0 Å². The Bertz CT molecular complexity index is 445. The van der Waals surface area contributed by atoms with E-state index < -0.39 is 0 Å². The topological polar surface area (TPSA) is 28.9 Å². The lowest BCUT2D eigenvalue weighted by Crippen LogP contribution is -1.67. The molecule has 0 saturated carbocycles. The number of aromatic amines is 1. The maximum atomic E-state index is 5.83. The van der Waals surface area contributed by atoms with Gasteiger partial charge in [0.1, 0.15) is 5.52 Å². The lowest BCUT2D eigenvalue weighted by Gasteiger charge is -1.87. The predicted molar refractivity (Wildman–Crippen MR) is 46.4 cm³/mol. The number of halogens is 1. The number of aromatic nitrogens is 1. The molecule has 0 saturated heterocycles. The number of benzene rings is 1. The van der Waals surface area contributed by atoms with Gasteiger partial charge in [0.15, 0.2) is 5.58 Å². The molecule has 0 bridgehead atoms. The van der Waals surface area contributed by atoms with Crippen LogP contribution in [0.3, 0.4) is 0 Å². The maximum Gasteiger partial charge on any atom is 0.266 e. The number of hydrogen-bond acceptors (Lipinski definition) is 2. The zero-order valence-corrected chi connectivity index (χ0v) is 7.00. The number of hydrogen-bond donors (Lipinski definition) is 1. The zero-order chi connectivity index (χ0) is 7.84. The monoisotopic (exact) mass is 185 g/mol. The van der Waals surface area contributed by atoms with Gasteiger partial charge in [-0.2, -0.15) is 0 Å². The van der Waals surface area contributed by atoms with Crippen molar-refractivity contribution in [3.63, 3.8) is 0 Å². The number of para-hydroxylation sites is 1. The SMILES string of the molecule is S=c1[nH]c2c(Cl)cccc2o1. The Morgan fingerprint density at radius 2 is 2.27 bits per heavy atom. The minimum absolute atomic E-state index is 0.355. The van der Waals surface area contributed by atoms with Crippen molar-refractivity contribution >= 4 is 34.9 Å². The largest absolute Gasteiger partial charge is 0.429 e. The van der Waals surface area contributed by atoms with Crippen LogP contribution in [0.1, 0.15) is 0 Å². The molecule has 0 spiro atoms. The van der Waals surface area contributed by atoms with E-state index in [0.29, 0.717) is 15.4 Å². The van der Waals surface area contributed by atoms with Gasteiger partial charge in [-0.3, -0.25) is 0 Å². The molecule has 11 heavy (non-hydrogen) atoms. The molecule has 0 amide bonds. The fourth-order valence-corrected chi connectivity index (χ4v) is 1.34. The van der Waals surface area contributed by atoms with E-state index in [4.69, 9.17) is 28.2 Å². The number of fused-ring (bicyclic) bond motifs is 1. The number of nitrogens with one attached hydrogen (secondary N) is 1. The van der Waals surface area contributed by atoms with Crippen molar-refractivity contribution in [3.8, 4) is 0 Å². The van der Waals surface area contributed by atoms with Crippen LogP contribution in [0.25, 0.3) is 11.1 Å². The standard InChI is InChI=1S/C7H4ClNOS/c8-4-2-1-3-5-6(4)9-7(11)10-5/h1-3H,(H,9,11). The minimum Gasteiger partial charge on any atom is -0.429 e. The molecule has 0 radical (unpaired) electrons. The van der Waals surface area contributed by atoms with Gasteiger partial charge >= 0.3 is 0 Å². The van der Waals surface area contributed by atoms with Gasteiger partial charge in [0.05, 0.1) is 5.02 Å². The van der Waals surface area contributed by atoms with E-state index >= 15 is 0 Å². The highest BCUT2D eigenvalue weighted by molar-refractivity contribution is 7.71. The lowest BCUT2D eigenvalue weighted by molar-refractivity contribution is 0.583. The fraction of sp³-hybridized carbons (Fsp3) is 0. The van der Waals surface area contributed by atoms with E-state index in [2.05, 4.69) is 4.98 Å². The second-order valence-corrected chi connectivity index (χ2v) is 2.91. The first kappa shape index (κ1) is 6.88. The molecular formula is C7H4ClNOS. The van der Waals surface area contributed by atoms with Gasteiger partial charge in [0, 0.05) is 0 Å². The van der Waals surface area contributed by atoms with Gasteiger partial charge in [-0.25, -0.2) is 0 Å².